The van der Waals surface area contributed by atoms with Crippen LogP contribution in [0.4, 0.5) is 0 Å². The van der Waals surface area contributed by atoms with E-state index >= 15 is 0 Å². The minimum atomic E-state index is -0.195. The lowest BCUT2D eigenvalue weighted by Gasteiger charge is -2.24. The third kappa shape index (κ3) is 4.97. The maximum atomic E-state index is 2.51. The topological polar surface area (TPSA) is 0 Å². The van der Waals surface area contributed by atoms with E-state index in [0.29, 0.717) is 0 Å². The number of hydrogen-bond donors (Lipinski definition) is 0. The molecule has 0 saturated heterocycles. The van der Waals surface area contributed by atoms with Crippen molar-refractivity contribution in [2.24, 2.45) is 0 Å². The third-order valence-corrected chi connectivity index (χ3v) is 16.6. The highest BCUT2D eigenvalue weighted by atomic mass is 32.1. The second-order valence-corrected chi connectivity index (χ2v) is 20.5. The van der Waals surface area contributed by atoms with Gasteiger partial charge in [0.15, 0.2) is 0 Å². The van der Waals surface area contributed by atoms with Gasteiger partial charge in [0, 0.05) is 31.0 Å². The number of rotatable bonds is 3. The van der Waals surface area contributed by atoms with E-state index in [2.05, 4.69) is 222 Å². The first kappa shape index (κ1) is 37.1. The largest absolute Gasteiger partial charge is 0.135 e. The molecule has 0 N–H and O–H groups in total. The van der Waals surface area contributed by atoms with Crippen LogP contribution in [0.3, 0.4) is 0 Å². The summed E-state index contributed by atoms with van der Waals surface area (Å²) in [6.45, 7) is 9.72. The Kier molecular flexibility index (Phi) is 7.49. The highest BCUT2D eigenvalue weighted by molar-refractivity contribution is 7.26. The molecule has 0 nitrogen and oxygen atoms in total. The molecule has 12 aromatic rings. The second-order valence-electron chi connectivity index (χ2n) is 19.5. The Labute approximate surface area is 383 Å². The zero-order valence-corrected chi connectivity index (χ0v) is 37.7. The minimum Gasteiger partial charge on any atom is -0.135 e. The molecule has 2 aliphatic carbocycles. The van der Waals surface area contributed by atoms with Gasteiger partial charge in [0.2, 0.25) is 0 Å². The number of hydrogen-bond acceptors (Lipinski definition) is 1. The van der Waals surface area contributed by atoms with Crippen molar-refractivity contribution in [2.75, 3.05) is 0 Å². The van der Waals surface area contributed by atoms with Crippen LogP contribution in [0.2, 0.25) is 0 Å². The van der Waals surface area contributed by atoms with Crippen LogP contribution in [-0.2, 0) is 10.8 Å². The summed E-state index contributed by atoms with van der Waals surface area (Å²) in [6, 6.07) is 73.5. The van der Waals surface area contributed by atoms with Crippen molar-refractivity contribution < 1.29 is 0 Å². The Bertz CT molecular complexity index is 4000. The number of benzene rings is 11. The van der Waals surface area contributed by atoms with E-state index in [9.17, 15) is 0 Å². The zero-order chi connectivity index (χ0) is 43.3. The standard InChI is InChI=1S/C64H44S/c1-63(2)54-35-39(38-30-33-53-52(34-38)59-49-23-11-12-24-50(49)60-51-25-13-14-27-56(51)65-62(60)61(59)64(53,3)4)28-31-42(54)43-32-29-40(36-55(43)63)57-45-19-7-9-21-47(45)58(48-22-10-8-20-46(48)57)44-26-15-17-37-16-5-6-18-41(37)44/h5-36H,1-4H3. The van der Waals surface area contributed by atoms with Crippen LogP contribution >= 0.6 is 11.3 Å². The van der Waals surface area contributed by atoms with Crippen molar-refractivity contribution in [1.82, 2.24) is 0 Å². The van der Waals surface area contributed by atoms with Gasteiger partial charge in [-0.3, -0.25) is 0 Å². The number of fused-ring (bicyclic) bond motifs is 16. The summed E-state index contributed by atoms with van der Waals surface area (Å²) in [6.07, 6.45) is 0. The zero-order valence-electron chi connectivity index (χ0n) is 36.9. The first-order valence-corrected chi connectivity index (χ1v) is 23.8. The molecule has 1 heteroatoms. The third-order valence-electron chi connectivity index (χ3n) is 15.4. The molecule has 11 aromatic carbocycles. The average Bonchev–Trinajstić information content (AvgIpc) is 3.92. The summed E-state index contributed by atoms with van der Waals surface area (Å²) in [5.74, 6) is 0. The van der Waals surface area contributed by atoms with E-state index in [-0.39, 0.29) is 10.8 Å². The molecule has 0 bridgehead atoms. The van der Waals surface area contributed by atoms with Gasteiger partial charge in [-0.2, -0.15) is 0 Å². The van der Waals surface area contributed by atoms with Crippen molar-refractivity contribution in [3.8, 4) is 55.6 Å². The molecule has 0 spiro atoms. The van der Waals surface area contributed by atoms with Crippen LogP contribution in [0.25, 0.3) is 119 Å². The summed E-state index contributed by atoms with van der Waals surface area (Å²) in [5.41, 5.74) is 18.5. The van der Waals surface area contributed by atoms with Gasteiger partial charge in [-0.25, -0.2) is 0 Å². The molecule has 65 heavy (non-hydrogen) atoms. The minimum absolute atomic E-state index is 0.126. The summed E-state index contributed by atoms with van der Waals surface area (Å²) >= 11 is 1.96. The predicted molar refractivity (Wildman–Crippen MR) is 281 cm³/mol. The molecule has 0 atom stereocenters. The smallest absolute Gasteiger partial charge is 0.0408 e. The molecule has 1 aromatic heterocycles. The molecule has 14 rings (SSSR count). The molecule has 0 fully saturated rings. The fourth-order valence-corrected chi connectivity index (χ4v) is 13.8. The molecule has 306 valence electrons. The summed E-state index contributed by atoms with van der Waals surface area (Å²) in [4.78, 5) is 0. The van der Waals surface area contributed by atoms with E-state index in [1.807, 2.05) is 11.3 Å². The lowest BCUT2D eigenvalue weighted by molar-refractivity contribution is 0.661. The van der Waals surface area contributed by atoms with Gasteiger partial charge < -0.3 is 0 Å². The van der Waals surface area contributed by atoms with E-state index in [1.165, 1.54) is 141 Å². The SMILES string of the molecule is CC1(C)c2cc(-c3ccc4c(c3)-c3c(c5sc6ccccc6c5c5ccccc35)C4(C)C)ccc2-c2ccc(-c3c4ccccc4c(-c4cccc5ccccc45)c4ccccc34)cc21. The molecule has 0 saturated carbocycles. The van der Waals surface area contributed by atoms with Gasteiger partial charge in [0.05, 0.1) is 0 Å². The lowest BCUT2D eigenvalue weighted by Crippen LogP contribution is -2.15. The highest BCUT2D eigenvalue weighted by Crippen LogP contribution is 2.58. The maximum Gasteiger partial charge on any atom is 0.0408 e. The van der Waals surface area contributed by atoms with Gasteiger partial charge >= 0.3 is 0 Å². The molecule has 0 amide bonds. The van der Waals surface area contributed by atoms with Crippen LogP contribution in [0.15, 0.2) is 194 Å². The van der Waals surface area contributed by atoms with Crippen LogP contribution in [0.5, 0.6) is 0 Å². The molecular weight excluding hydrogens is 801 g/mol. The fourth-order valence-electron chi connectivity index (χ4n) is 12.4. The van der Waals surface area contributed by atoms with Gasteiger partial charge in [-0.15, -0.1) is 11.3 Å². The normalized spacial score (nSPS) is 14.4. The van der Waals surface area contributed by atoms with Crippen LogP contribution < -0.4 is 0 Å². The monoisotopic (exact) mass is 844 g/mol. The van der Waals surface area contributed by atoms with Gasteiger partial charge in [0.25, 0.3) is 0 Å². The summed E-state index contributed by atoms with van der Waals surface area (Å²) < 4.78 is 2.79. The van der Waals surface area contributed by atoms with Crippen molar-refractivity contribution in [3.63, 3.8) is 0 Å². The summed E-state index contributed by atoms with van der Waals surface area (Å²) in [7, 11) is 0. The molecule has 0 radical (unpaired) electrons. The first-order chi connectivity index (χ1) is 31.8. The first-order valence-electron chi connectivity index (χ1n) is 23.0. The Morgan fingerprint density at radius 1 is 0.323 bits per heavy atom. The molecular formula is C64H44S. The Morgan fingerprint density at radius 2 is 0.831 bits per heavy atom. The van der Waals surface area contributed by atoms with E-state index in [1.54, 1.807) is 0 Å². The van der Waals surface area contributed by atoms with Gasteiger partial charge in [0.1, 0.15) is 0 Å². The molecule has 0 aliphatic heterocycles. The van der Waals surface area contributed by atoms with E-state index < -0.39 is 0 Å². The van der Waals surface area contributed by atoms with Crippen molar-refractivity contribution in [1.29, 1.82) is 0 Å². The second kappa shape index (κ2) is 13.1. The summed E-state index contributed by atoms with van der Waals surface area (Å²) in [5, 5.41) is 13.2. The maximum absolute atomic E-state index is 2.51. The van der Waals surface area contributed by atoms with Crippen molar-refractivity contribution >= 4 is 74.6 Å². The molecule has 0 unspecified atom stereocenters. The Balaban J connectivity index is 0.910. The van der Waals surface area contributed by atoms with Gasteiger partial charge in [-0.1, -0.05) is 198 Å². The van der Waals surface area contributed by atoms with Crippen LogP contribution in [0, 0.1) is 0 Å². The molecule has 1 heterocycles. The highest BCUT2D eigenvalue weighted by Gasteiger charge is 2.40. The Morgan fingerprint density at radius 3 is 1.52 bits per heavy atom. The van der Waals surface area contributed by atoms with Gasteiger partial charge in [-0.05, 0) is 145 Å². The van der Waals surface area contributed by atoms with E-state index in [0.717, 1.165) is 0 Å². The van der Waals surface area contributed by atoms with E-state index in [4.69, 9.17) is 0 Å². The predicted octanol–water partition coefficient (Wildman–Crippen LogP) is 18.3. The fraction of sp³-hybridized carbons (Fsp3) is 0.0938. The Hall–Kier alpha value is -7.32. The average molecular weight is 845 g/mol. The van der Waals surface area contributed by atoms with Crippen molar-refractivity contribution in [3.05, 3.63) is 216 Å². The van der Waals surface area contributed by atoms with Crippen molar-refractivity contribution in [2.45, 2.75) is 38.5 Å². The molecule has 2 aliphatic rings. The van der Waals surface area contributed by atoms with Crippen LogP contribution in [-0.4, -0.2) is 0 Å². The number of thiophene rings is 1. The van der Waals surface area contributed by atoms with Crippen LogP contribution in [0.1, 0.15) is 49.9 Å². The quantitative estimate of drug-likeness (QED) is 0.155. The lowest BCUT2D eigenvalue weighted by atomic mass is 9.79.